The van der Waals surface area contributed by atoms with E-state index in [2.05, 4.69) is 47.0 Å². The van der Waals surface area contributed by atoms with Gasteiger partial charge in [0.2, 0.25) is 0 Å². The SMILES string of the molecule is CCC(CC)CC(C)(C)C1CCC(C)CC1NC. The maximum absolute atomic E-state index is 3.60. The zero-order valence-corrected chi connectivity index (χ0v) is 13.6. The molecule has 108 valence electrons. The molecular formula is C17H35N. The number of rotatable bonds is 6. The van der Waals surface area contributed by atoms with E-state index in [1.54, 1.807) is 0 Å². The predicted molar refractivity (Wildman–Crippen MR) is 81.8 cm³/mol. The minimum Gasteiger partial charge on any atom is -0.317 e. The summed E-state index contributed by atoms with van der Waals surface area (Å²) in [5.41, 5.74) is 0.491. The Morgan fingerprint density at radius 1 is 1.17 bits per heavy atom. The highest BCUT2D eigenvalue weighted by Gasteiger charge is 2.38. The Bertz CT molecular complexity index is 230. The van der Waals surface area contributed by atoms with Gasteiger partial charge >= 0.3 is 0 Å². The molecule has 1 aliphatic rings. The van der Waals surface area contributed by atoms with Crippen LogP contribution < -0.4 is 5.32 Å². The Labute approximate surface area is 115 Å². The summed E-state index contributed by atoms with van der Waals surface area (Å²) in [4.78, 5) is 0. The van der Waals surface area contributed by atoms with E-state index in [4.69, 9.17) is 0 Å². The van der Waals surface area contributed by atoms with E-state index in [1.165, 1.54) is 38.5 Å². The van der Waals surface area contributed by atoms with Crippen LogP contribution in [-0.2, 0) is 0 Å². The molecule has 0 radical (unpaired) electrons. The monoisotopic (exact) mass is 253 g/mol. The van der Waals surface area contributed by atoms with Crippen molar-refractivity contribution in [1.82, 2.24) is 5.32 Å². The molecule has 1 nitrogen and oxygen atoms in total. The van der Waals surface area contributed by atoms with Crippen molar-refractivity contribution in [2.75, 3.05) is 7.05 Å². The third-order valence-electron chi connectivity index (χ3n) is 5.46. The van der Waals surface area contributed by atoms with E-state index in [1.807, 2.05) is 0 Å². The maximum Gasteiger partial charge on any atom is 0.00999 e. The second-order valence-corrected chi connectivity index (χ2v) is 7.30. The second-order valence-electron chi connectivity index (χ2n) is 7.30. The second kappa shape index (κ2) is 6.93. The molecular weight excluding hydrogens is 218 g/mol. The van der Waals surface area contributed by atoms with Gasteiger partial charge in [0.25, 0.3) is 0 Å². The Balaban J connectivity index is 2.69. The molecule has 3 atom stereocenters. The van der Waals surface area contributed by atoms with Crippen LogP contribution >= 0.6 is 0 Å². The molecule has 1 heteroatoms. The zero-order valence-electron chi connectivity index (χ0n) is 13.6. The lowest BCUT2D eigenvalue weighted by Crippen LogP contribution is -2.46. The highest BCUT2D eigenvalue weighted by molar-refractivity contribution is 4.92. The van der Waals surface area contributed by atoms with Crippen molar-refractivity contribution in [3.05, 3.63) is 0 Å². The topological polar surface area (TPSA) is 12.0 Å². The fourth-order valence-corrected chi connectivity index (χ4v) is 4.11. The fourth-order valence-electron chi connectivity index (χ4n) is 4.11. The minimum absolute atomic E-state index is 0.491. The van der Waals surface area contributed by atoms with Gasteiger partial charge in [-0.3, -0.25) is 0 Å². The summed E-state index contributed by atoms with van der Waals surface area (Å²) in [5, 5.41) is 3.60. The molecule has 0 aliphatic heterocycles. The van der Waals surface area contributed by atoms with Crippen LogP contribution in [0.25, 0.3) is 0 Å². The summed E-state index contributed by atoms with van der Waals surface area (Å²) in [6, 6.07) is 0.734. The van der Waals surface area contributed by atoms with Crippen molar-refractivity contribution in [1.29, 1.82) is 0 Å². The molecule has 0 spiro atoms. The van der Waals surface area contributed by atoms with Crippen LogP contribution in [0.1, 0.15) is 73.1 Å². The van der Waals surface area contributed by atoms with Gasteiger partial charge in [0.05, 0.1) is 0 Å². The third-order valence-corrected chi connectivity index (χ3v) is 5.46. The van der Waals surface area contributed by atoms with E-state index >= 15 is 0 Å². The van der Waals surface area contributed by atoms with Gasteiger partial charge in [-0.1, -0.05) is 53.9 Å². The molecule has 0 amide bonds. The van der Waals surface area contributed by atoms with Crippen molar-refractivity contribution < 1.29 is 0 Å². The van der Waals surface area contributed by atoms with Crippen molar-refractivity contribution in [2.45, 2.75) is 79.2 Å². The third kappa shape index (κ3) is 3.98. The van der Waals surface area contributed by atoms with Crippen LogP contribution in [-0.4, -0.2) is 13.1 Å². The smallest absolute Gasteiger partial charge is 0.00999 e. The van der Waals surface area contributed by atoms with Gasteiger partial charge in [0.15, 0.2) is 0 Å². The highest BCUT2D eigenvalue weighted by atomic mass is 14.9. The molecule has 1 N–H and O–H groups in total. The Kier molecular flexibility index (Phi) is 6.17. The van der Waals surface area contributed by atoms with Crippen LogP contribution in [0.2, 0.25) is 0 Å². The standard InChI is InChI=1S/C17H35N/c1-7-14(8-2)12-17(4,5)15-10-9-13(3)11-16(15)18-6/h13-16,18H,7-12H2,1-6H3. The molecule has 0 aromatic carbocycles. The summed E-state index contributed by atoms with van der Waals surface area (Å²) in [6.45, 7) is 12.1. The molecule has 1 aliphatic carbocycles. The lowest BCUT2D eigenvalue weighted by Gasteiger charge is -2.45. The fraction of sp³-hybridized carbons (Fsp3) is 1.00. The molecule has 1 saturated carbocycles. The number of hydrogen-bond acceptors (Lipinski definition) is 1. The quantitative estimate of drug-likeness (QED) is 0.712. The molecule has 18 heavy (non-hydrogen) atoms. The molecule has 1 rings (SSSR count). The van der Waals surface area contributed by atoms with Crippen LogP contribution in [0.4, 0.5) is 0 Å². The molecule has 0 heterocycles. The average Bonchev–Trinajstić information content (AvgIpc) is 2.35. The van der Waals surface area contributed by atoms with E-state index < -0.39 is 0 Å². The summed E-state index contributed by atoms with van der Waals surface area (Å²) in [6.07, 6.45) is 8.29. The van der Waals surface area contributed by atoms with Crippen molar-refractivity contribution in [2.24, 2.45) is 23.2 Å². The largest absolute Gasteiger partial charge is 0.317 e. The first kappa shape index (κ1) is 16.0. The molecule has 3 unspecified atom stereocenters. The van der Waals surface area contributed by atoms with Gasteiger partial charge < -0.3 is 5.32 Å². The van der Waals surface area contributed by atoms with E-state index in [-0.39, 0.29) is 0 Å². The van der Waals surface area contributed by atoms with Crippen molar-refractivity contribution in [3.63, 3.8) is 0 Å². The van der Waals surface area contributed by atoms with E-state index in [9.17, 15) is 0 Å². The number of hydrogen-bond donors (Lipinski definition) is 1. The lowest BCUT2D eigenvalue weighted by atomic mass is 9.63. The van der Waals surface area contributed by atoms with Gasteiger partial charge in [-0.25, -0.2) is 0 Å². The molecule has 0 saturated heterocycles. The summed E-state index contributed by atoms with van der Waals surface area (Å²) < 4.78 is 0. The average molecular weight is 253 g/mol. The number of nitrogens with one attached hydrogen (secondary N) is 1. The van der Waals surface area contributed by atoms with Crippen molar-refractivity contribution in [3.8, 4) is 0 Å². The summed E-state index contributed by atoms with van der Waals surface area (Å²) >= 11 is 0. The zero-order chi connectivity index (χ0) is 13.8. The predicted octanol–water partition coefficient (Wildman–Crippen LogP) is 4.86. The van der Waals surface area contributed by atoms with E-state index in [0.717, 1.165) is 23.8 Å². The highest BCUT2D eigenvalue weighted by Crippen LogP contribution is 2.44. The van der Waals surface area contributed by atoms with Crippen molar-refractivity contribution >= 4 is 0 Å². The van der Waals surface area contributed by atoms with Crippen LogP contribution in [0.5, 0.6) is 0 Å². The summed E-state index contributed by atoms with van der Waals surface area (Å²) in [5.74, 6) is 2.68. The Hall–Kier alpha value is -0.0400. The minimum atomic E-state index is 0.491. The molecule has 0 bridgehead atoms. The first-order chi connectivity index (χ1) is 8.44. The Morgan fingerprint density at radius 2 is 1.78 bits per heavy atom. The van der Waals surface area contributed by atoms with Crippen LogP contribution in [0.3, 0.4) is 0 Å². The first-order valence-electron chi connectivity index (χ1n) is 8.11. The first-order valence-corrected chi connectivity index (χ1v) is 8.11. The van der Waals surface area contributed by atoms with Crippen LogP contribution in [0.15, 0.2) is 0 Å². The molecule has 0 aromatic heterocycles. The van der Waals surface area contributed by atoms with Crippen LogP contribution in [0, 0.1) is 23.2 Å². The van der Waals surface area contributed by atoms with Gasteiger partial charge in [-0.15, -0.1) is 0 Å². The van der Waals surface area contributed by atoms with Gasteiger partial charge in [-0.05, 0) is 49.5 Å². The lowest BCUT2D eigenvalue weighted by molar-refractivity contribution is 0.0735. The van der Waals surface area contributed by atoms with Gasteiger partial charge in [0, 0.05) is 6.04 Å². The van der Waals surface area contributed by atoms with Gasteiger partial charge in [0.1, 0.15) is 0 Å². The maximum atomic E-state index is 3.60. The summed E-state index contributed by atoms with van der Waals surface area (Å²) in [7, 11) is 2.16. The van der Waals surface area contributed by atoms with E-state index in [0.29, 0.717) is 5.41 Å². The van der Waals surface area contributed by atoms with Gasteiger partial charge in [-0.2, -0.15) is 0 Å². The molecule has 0 aromatic rings. The normalized spacial score (nSPS) is 29.8. The molecule has 1 fully saturated rings. The Morgan fingerprint density at radius 3 is 2.28 bits per heavy atom.